The molecule has 0 bridgehead atoms. The molecule has 2 heteroatoms. The highest BCUT2D eigenvalue weighted by molar-refractivity contribution is 5.58. The lowest BCUT2D eigenvalue weighted by atomic mass is 10.2. The zero-order valence-electron chi connectivity index (χ0n) is 7.42. The van der Waals surface area contributed by atoms with Crippen LogP contribution in [0.3, 0.4) is 0 Å². The van der Waals surface area contributed by atoms with Crippen molar-refractivity contribution < 1.29 is 4.39 Å². The minimum absolute atomic E-state index is 0.361. The molecule has 13 heavy (non-hydrogen) atoms. The van der Waals surface area contributed by atoms with E-state index in [1.54, 1.807) is 31.4 Å². The Balaban J connectivity index is 3.04. The summed E-state index contributed by atoms with van der Waals surface area (Å²) in [6.07, 6.45) is 7.82. The summed E-state index contributed by atoms with van der Waals surface area (Å²) in [5.41, 5.74) is 3.48. The molecule has 1 rings (SSSR count). The fraction of sp³-hybridized carbons (Fsp3) is 0.0909. The van der Waals surface area contributed by atoms with Gasteiger partial charge in [0.05, 0.1) is 5.70 Å². The summed E-state index contributed by atoms with van der Waals surface area (Å²) in [5.74, 6) is -0.361. The van der Waals surface area contributed by atoms with Gasteiger partial charge in [0.1, 0.15) is 5.83 Å². The van der Waals surface area contributed by atoms with E-state index in [-0.39, 0.29) is 5.83 Å². The number of halogens is 1. The smallest absolute Gasteiger partial charge is 0.140 e. The van der Waals surface area contributed by atoms with Crippen LogP contribution in [0.15, 0.2) is 58.7 Å². The number of hydrogen-bond donors (Lipinski definition) is 0. The summed E-state index contributed by atoms with van der Waals surface area (Å²) >= 11 is 0. The van der Waals surface area contributed by atoms with Crippen LogP contribution in [0.2, 0.25) is 0 Å². The summed E-state index contributed by atoms with van der Waals surface area (Å²) in [6.45, 7) is 5.41. The predicted octanol–water partition coefficient (Wildman–Crippen LogP) is 3.10. The third-order valence-corrected chi connectivity index (χ3v) is 1.52. The number of rotatable bonds is 2. The number of aliphatic imine (C=N–C) groups is 1. The third-order valence-electron chi connectivity index (χ3n) is 1.52. The van der Waals surface area contributed by atoms with Gasteiger partial charge in [0.15, 0.2) is 0 Å². The highest BCUT2D eigenvalue weighted by Crippen LogP contribution is 2.19. The van der Waals surface area contributed by atoms with Crippen LogP contribution in [-0.2, 0) is 0 Å². The standard InChI is InChI=1S/C11H10FN/c1-3-13-9(2)10-7-5-4-6-8-11(10)12/h3-5,7-8H,2H2,1H3. The molecule has 0 amide bonds. The van der Waals surface area contributed by atoms with Crippen molar-refractivity contribution in [2.45, 2.75) is 6.92 Å². The minimum atomic E-state index is -0.361. The predicted molar refractivity (Wildman–Crippen MR) is 53.2 cm³/mol. The van der Waals surface area contributed by atoms with E-state index in [0.29, 0.717) is 11.3 Å². The van der Waals surface area contributed by atoms with Gasteiger partial charge in [0, 0.05) is 17.9 Å². The number of nitrogens with zero attached hydrogens (tertiary/aromatic N) is 1. The van der Waals surface area contributed by atoms with Crippen LogP contribution >= 0.6 is 0 Å². The van der Waals surface area contributed by atoms with E-state index in [4.69, 9.17) is 0 Å². The maximum atomic E-state index is 13.2. The summed E-state index contributed by atoms with van der Waals surface area (Å²) in [7, 11) is 0. The molecule has 0 aromatic carbocycles. The molecule has 0 radical (unpaired) electrons. The average molecular weight is 175 g/mol. The first-order valence-electron chi connectivity index (χ1n) is 3.92. The van der Waals surface area contributed by atoms with Crippen LogP contribution in [0.5, 0.6) is 0 Å². The van der Waals surface area contributed by atoms with Gasteiger partial charge in [-0.1, -0.05) is 12.7 Å². The molecular weight excluding hydrogens is 165 g/mol. The van der Waals surface area contributed by atoms with Gasteiger partial charge in [-0.25, -0.2) is 4.39 Å². The van der Waals surface area contributed by atoms with Crippen molar-refractivity contribution in [3.8, 4) is 0 Å². The lowest BCUT2D eigenvalue weighted by molar-refractivity contribution is 0.660. The largest absolute Gasteiger partial charge is 0.261 e. The molecule has 0 heterocycles. The van der Waals surface area contributed by atoms with Crippen LogP contribution in [0.25, 0.3) is 0 Å². The fourth-order valence-corrected chi connectivity index (χ4v) is 0.938. The molecular formula is C11H10FN. The molecule has 0 fully saturated rings. The highest BCUT2D eigenvalue weighted by Gasteiger charge is 2.04. The summed E-state index contributed by atoms with van der Waals surface area (Å²) in [5, 5.41) is 0. The van der Waals surface area contributed by atoms with Gasteiger partial charge in [-0.2, -0.15) is 0 Å². The third kappa shape index (κ3) is 2.39. The average Bonchev–Trinajstić information content (AvgIpc) is 2.30. The number of allylic oxidation sites excluding steroid dienone is 4. The van der Waals surface area contributed by atoms with E-state index in [1.807, 2.05) is 0 Å². The summed E-state index contributed by atoms with van der Waals surface area (Å²) in [4.78, 5) is 3.91. The quantitative estimate of drug-likeness (QED) is 0.451. The van der Waals surface area contributed by atoms with Crippen molar-refractivity contribution in [1.29, 1.82) is 0 Å². The second kappa shape index (κ2) is 4.39. The first kappa shape index (κ1) is 9.43. The molecule has 0 spiro atoms. The molecule has 0 saturated heterocycles. The Morgan fingerprint density at radius 1 is 1.69 bits per heavy atom. The van der Waals surface area contributed by atoms with Gasteiger partial charge in [-0.15, -0.1) is 5.73 Å². The Morgan fingerprint density at radius 2 is 2.46 bits per heavy atom. The van der Waals surface area contributed by atoms with E-state index in [9.17, 15) is 4.39 Å². The van der Waals surface area contributed by atoms with Gasteiger partial charge in [-0.05, 0) is 19.1 Å². The Bertz CT molecular complexity index is 364. The molecule has 0 saturated carbocycles. The summed E-state index contributed by atoms with van der Waals surface area (Å²) < 4.78 is 13.2. The molecule has 1 aliphatic rings. The minimum Gasteiger partial charge on any atom is -0.261 e. The molecule has 66 valence electrons. The highest BCUT2D eigenvalue weighted by atomic mass is 19.1. The second-order valence-corrected chi connectivity index (χ2v) is 2.43. The molecule has 0 N–H and O–H groups in total. The Hall–Kier alpha value is -1.66. The van der Waals surface area contributed by atoms with Crippen LogP contribution in [0.1, 0.15) is 6.92 Å². The lowest BCUT2D eigenvalue weighted by Crippen LogP contribution is -1.84. The molecule has 1 nitrogen and oxygen atoms in total. The Kier molecular flexibility index (Phi) is 3.18. The van der Waals surface area contributed by atoms with Crippen molar-refractivity contribution in [3.63, 3.8) is 0 Å². The normalized spacial score (nSPS) is 15.5. The zero-order chi connectivity index (χ0) is 9.68. The van der Waals surface area contributed by atoms with Gasteiger partial charge in [-0.3, -0.25) is 4.99 Å². The maximum Gasteiger partial charge on any atom is 0.140 e. The molecule has 0 aromatic rings. The second-order valence-electron chi connectivity index (χ2n) is 2.43. The molecule has 1 aliphatic carbocycles. The van der Waals surface area contributed by atoms with E-state index >= 15 is 0 Å². The monoisotopic (exact) mass is 175 g/mol. The Morgan fingerprint density at radius 3 is 3.15 bits per heavy atom. The van der Waals surface area contributed by atoms with Crippen LogP contribution in [0, 0.1) is 0 Å². The van der Waals surface area contributed by atoms with Gasteiger partial charge >= 0.3 is 0 Å². The number of hydrogen-bond acceptors (Lipinski definition) is 1. The van der Waals surface area contributed by atoms with Crippen molar-refractivity contribution >= 4 is 6.21 Å². The molecule has 0 atom stereocenters. The van der Waals surface area contributed by atoms with Crippen molar-refractivity contribution in [2.24, 2.45) is 4.99 Å². The van der Waals surface area contributed by atoms with Gasteiger partial charge in [0.2, 0.25) is 0 Å². The van der Waals surface area contributed by atoms with E-state index in [2.05, 4.69) is 17.3 Å². The van der Waals surface area contributed by atoms with Gasteiger partial charge in [0.25, 0.3) is 0 Å². The SMILES string of the molecule is C=C(N=CC)C1=C(F)C=C=CC=C1. The van der Waals surface area contributed by atoms with Crippen molar-refractivity contribution in [2.75, 3.05) is 0 Å². The van der Waals surface area contributed by atoms with Crippen LogP contribution in [0.4, 0.5) is 4.39 Å². The fourth-order valence-electron chi connectivity index (χ4n) is 0.938. The topological polar surface area (TPSA) is 12.4 Å². The lowest BCUT2D eigenvalue weighted by Gasteiger charge is -1.99. The van der Waals surface area contributed by atoms with Gasteiger partial charge < -0.3 is 0 Å². The summed E-state index contributed by atoms with van der Waals surface area (Å²) in [6, 6.07) is 0. The van der Waals surface area contributed by atoms with E-state index in [1.165, 1.54) is 6.08 Å². The van der Waals surface area contributed by atoms with Crippen molar-refractivity contribution in [3.05, 3.63) is 53.7 Å². The first-order chi connectivity index (χ1) is 6.25. The Labute approximate surface area is 77.0 Å². The molecule has 0 aromatic heterocycles. The van der Waals surface area contributed by atoms with Crippen LogP contribution < -0.4 is 0 Å². The van der Waals surface area contributed by atoms with E-state index in [0.717, 1.165) is 0 Å². The first-order valence-corrected chi connectivity index (χ1v) is 3.92. The molecule has 0 unspecified atom stereocenters. The molecule has 0 aliphatic heterocycles. The maximum absolute atomic E-state index is 13.2. The van der Waals surface area contributed by atoms with E-state index < -0.39 is 0 Å². The van der Waals surface area contributed by atoms with Crippen molar-refractivity contribution in [1.82, 2.24) is 0 Å². The van der Waals surface area contributed by atoms with Crippen LogP contribution in [-0.4, -0.2) is 6.21 Å². The zero-order valence-corrected chi connectivity index (χ0v) is 7.42.